The number of hydrogen-bond donors (Lipinski definition) is 1. The van der Waals surface area contributed by atoms with Gasteiger partial charge in [-0.3, -0.25) is 9.78 Å². The van der Waals surface area contributed by atoms with Crippen LogP contribution in [0, 0.1) is 5.82 Å². The number of aliphatic hydroxyl groups excluding tert-OH is 1. The van der Waals surface area contributed by atoms with E-state index in [9.17, 15) is 9.18 Å². The van der Waals surface area contributed by atoms with Crippen molar-refractivity contribution in [3.8, 4) is 0 Å². The summed E-state index contributed by atoms with van der Waals surface area (Å²) in [4.78, 5) is 18.7. The predicted octanol–water partition coefficient (Wildman–Crippen LogP) is 4.86. The third kappa shape index (κ3) is 5.07. The van der Waals surface area contributed by atoms with Gasteiger partial charge in [-0.25, -0.2) is 4.39 Å². The Morgan fingerprint density at radius 2 is 1.89 bits per heavy atom. The van der Waals surface area contributed by atoms with Crippen LogP contribution in [-0.4, -0.2) is 20.9 Å². The highest BCUT2D eigenvalue weighted by Gasteiger charge is 2.19. The van der Waals surface area contributed by atoms with Crippen molar-refractivity contribution < 1.29 is 14.3 Å². The highest BCUT2D eigenvalue weighted by molar-refractivity contribution is 6.35. The molecule has 3 rings (SSSR count). The Hall–Kier alpha value is -2.47. The minimum absolute atomic E-state index is 0.160. The summed E-state index contributed by atoms with van der Waals surface area (Å²) in [6.07, 6.45) is 1.60. The summed E-state index contributed by atoms with van der Waals surface area (Å²) in [7, 11) is 0. The molecule has 0 radical (unpaired) electrons. The number of aromatic nitrogens is 1. The molecule has 2 aromatic carbocycles. The molecule has 144 valence electrons. The first-order chi connectivity index (χ1) is 13.5. The van der Waals surface area contributed by atoms with Gasteiger partial charge in [0.05, 0.1) is 12.3 Å². The second-order valence-electron chi connectivity index (χ2n) is 6.22. The van der Waals surface area contributed by atoms with Crippen LogP contribution < -0.4 is 0 Å². The summed E-state index contributed by atoms with van der Waals surface area (Å²) in [5.74, 6) is -0.818. The molecule has 0 atom stereocenters. The van der Waals surface area contributed by atoms with Crippen LogP contribution in [-0.2, 0) is 19.7 Å². The second-order valence-corrected chi connectivity index (χ2v) is 7.07. The zero-order chi connectivity index (χ0) is 20.1. The second kappa shape index (κ2) is 9.15. The maximum Gasteiger partial charge on any atom is 0.254 e. The van der Waals surface area contributed by atoms with Crippen LogP contribution in [0.3, 0.4) is 0 Å². The number of benzene rings is 2. The minimum Gasteiger partial charge on any atom is -0.390 e. The van der Waals surface area contributed by atoms with E-state index in [2.05, 4.69) is 4.98 Å². The summed E-state index contributed by atoms with van der Waals surface area (Å²) < 4.78 is 13.6. The van der Waals surface area contributed by atoms with Crippen molar-refractivity contribution in [2.45, 2.75) is 19.7 Å². The van der Waals surface area contributed by atoms with Crippen molar-refractivity contribution in [1.29, 1.82) is 0 Å². The lowest BCUT2D eigenvalue weighted by Gasteiger charge is -2.24. The number of nitrogens with zero attached hydrogens (tertiary/aromatic N) is 2. The molecule has 28 heavy (non-hydrogen) atoms. The first kappa shape index (κ1) is 20.3. The fraction of sp³-hybridized carbons (Fsp3) is 0.143. The lowest BCUT2D eigenvalue weighted by atomic mass is 10.1. The van der Waals surface area contributed by atoms with E-state index in [1.54, 1.807) is 47.5 Å². The first-order valence-corrected chi connectivity index (χ1v) is 9.25. The highest BCUT2D eigenvalue weighted by atomic mass is 35.5. The highest BCUT2D eigenvalue weighted by Crippen LogP contribution is 2.24. The van der Waals surface area contributed by atoms with Crippen LogP contribution in [0.1, 0.15) is 27.2 Å². The summed E-state index contributed by atoms with van der Waals surface area (Å²) in [6, 6.07) is 14.1. The molecule has 1 N–H and O–H groups in total. The van der Waals surface area contributed by atoms with E-state index in [1.165, 1.54) is 18.2 Å². The van der Waals surface area contributed by atoms with E-state index in [4.69, 9.17) is 28.3 Å². The Bertz CT molecular complexity index is 980. The molecule has 0 aliphatic rings. The SMILES string of the molecule is O=C(c1cccc(F)c1)N(Cc1ccc(CO)nc1)Cc1ccc(Cl)cc1Cl. The van der Waals surface area contributed by atoms with E-state index >= 15 is 0 Å². The van der Waals surface area contributed by atoms with Crippen molar-refractivity contribution in [3.63, 3.8) is 0 Å². The van der Waals surface area contributed by atoms with E-state index < -0.39 is 5.82 Å². The summed E-state index contributed by atoms with van der Waals surface area (Å²) in [5.41, 5.74) is 2.26. The minimum atomic E-state index is -0.482. The van der Waals surface area contributed by atoms with E-state index in [0.29, 0.717) is 15.7 Å². The van der Waals surface area contributed by atoms with Gasteiger partial charge in [0.1, 0.15) is 5.82 Å². The number of amides is 1. The van der Waals surface area contributed by atoms with Gasteiger partial charge in [0, 0.05) is 34.9 Å². The molecule has 1 aromatic heterocycles. The number of carbonyl (C=O) groups is 1. The van der Waals surface area contributed by atoms with Gasteiger partial charge in [-0.05, 0) is 47.5 Å². The lowest BCUT2D eigenvalue weighted by molar-refractivity contribution is 0.0729. The van der Waals surface area contributed by atoms with Crippen molar-refractivity contribution >= 4 is 29.1 Å². The summed E-state index contributed by atoms with van der Waals surface area (Å²) in [6.45, 7) is 0.298. The lowest BCUT2D eigenvalue weighted by Crippen LogP contribution is -2.30. The molecular weight excluding hydrogens is 402 g/mol. The standard InChI is InChI=1S/C21H17Cl2FN2O2/c22-17-6-5-16(20(23)9-17)12-26(11-14-4-7-19(13-27)25-10-14)21(28)15-2-1-3-18(24)8-15/h1-10,27H,11-13H2. The Balaban J connectivity index is 1.91. The maximum absolute atomic E-state index is 13.6. The van der Waals surface area contributed by atoms with Gasteiger partial charge in [-0.1, -0.05) is 41.4 Å². The molecule has 0 fully saturated rings. The monoisotopic (exact) mass is 418 g/mol. The van der Waals surface area contributed by atoms with E-state index in [0.717, 1.165) is 11.1 Å². The molecule has 0 aliphatic heterocycles. The average Bonchev–Trinajstić information content (AvgIpc) is 2.69. The fourth-order valence-corrected chi connectivity index (χ4v) is 3.19. The van der Waals surface area contributed by atoms with Gasteiger partial charge in [-0.2, -0.15) is 0 Å². The van der Waals surface area contributed by atoms with Gasteiger partial charge in [0.25, 0.3) is 5.91 Å². The molecule has 1 amide bonds. The molecule has 0 aliphatic carbocycles. The zero-order valence-corrected chi connectivity index (χ0v) is 16.3. The molecule has 0 bridgehead atoms. The number of hydrogen-bond acceptors (Lipinski definition) is 3. The Labute approximate surface area is 172 Å². The van der Waals surface area contributed by atoms with Crippen LogP contribution in [0.2, 0.25) is 10.0 Å². The van der Waals surface area contributed by atoms with Gasteiger partial charge >= 0.3 is 0 Å². The number of aliphatic hydroxyl groups is 1. The predicted molar refractivity (Wildman–Crippen MR) is 107 cm³/mol. The van der Waals surface area contributed by atoms with Gasteiger partial charge in [0.15, 0.2) is 0 Å². The van der Waals surface area contributed by atoms with Crippen LogP contribution in [0.4, 0.5) is 4.39 Å². The molecule has 7 heteroatoms. The van der Waals surface area contributed by atoms with Crippen molar-refractivity contribution in [2.75, 3.05) is 0 Å². The Morgan fingerprint density at radius 1 is 1.07 bits per heavy atom. The Morgan fingerprint density at radius 3 is 2.54 bits per heavy atom. The van der Waals surface area contributed by atoms with Crippen molar-refractivity contribution in [3.05, 3.63) is 99.0 Å². The van der Waals surface area contributed by atoms with Crippen LogP contribution >= 0.6 is 23.2 Å². The summed E-state index contributed by atoms with van der Waals surface area (Å²) in [5, 5.41) is 10.1. The third-order valence-corrected chi connectivity index (χ3v) is 4.74. The fourth-order valence-electron chi connectivity index (χ4n) is 2.72. The molecule has 0 spiro atoms. The molecular formula is C21H17Cl2FN2O2. The van der Waals surface area contributed by atoms with E-state index in [1.807, 2.05) is 0 Å². The Kier molecular flexibility index (Phi) is 6.62. The van der Waals surface area contributed by atoms with Gasteiger partial charge in [-0.15, -0.1) is 0 Å². The molecule has 0 saturated heterocycles. The molecule has 0 saturated carbocycles. The topological polar surface area (TPSA) is 53.4 Å². The van der Waals surface area contributed by atoms with Crippen molar-refractivity contribution in [2.24, 2.45) is 0 Å². The molecule has 0 unspecified atom stereocenters. The number of pyridine rings is 1. The number of rotatable bonds is 6. The van der Waals surface area contributed by atoms with Gasteiger partial charge in [0.2, 0.25) is 0 Å². The summed E-state index contributed by atoms with van der Waals surface area (Å²) >= 11 is 12.2. The largest absolute Gasteiger partial charge is 0.390 e. The first-order valence-electron chi connectivity index (χ1n) is 8.49. The number of halogens is 3. The quantitative estimate of drug-likeness (QED) is 0.621. The zero-order valence-electron chi connectivity index (χ0n) is 14.8. The molecule has 3 aromatic rings. The maximum atomic E-state index is 13.6. The van der Waals surface area contributed by atoms with Crippen molar-refractivity contribution in [1.82, 2.24) is 9.88 Å². The van der Waals surface area contributed by atoms with Crippen LogP contribution in [0.15, 0.2) is 60.8 Å². The normalized spacial score (nSPS) is 10.7. The smallest absolute Gasteiger partial charge is 0.254 e. The van der Waals surface area contributed by atoms with Crippen LogP contribution in [0.25, 0.3) is 0 Å². The van der Waals surface area contributed by atoms with E-state index in [-0.39, 0.29) is 31.2 Å². The average molecular weight is 419 g/mol. The number of carbonyl (C=O) groups excluding carboxylic acids is 1. The third-order valence-electron chi connectivity index (χ3n) is 4.16. The van der Waals surface area contributed by atoms with Gasteiger partial charge < -0.3 is 10.0 Å². The van der Waals surface area contributed by atoms with Crippen LogP contribution in [0.5, 0.6) is 0 Å². The molecule has 4 nitrogen and oxygen atoms in total. The molecule has 1 heterocycles.